The van der Waals surface area contributed by atoms with Crippen molar-refractivity contribution in [2.75, 3.05) is 21.3 Å². The van der Waals surface area contributed by atoms with Crippen LogP contribution >= 0.6 is 0 Å². The summed E-state index contributed by atoms with van der Waals surface area (Å²) in [4.78, 5) is 35.1. The molecule has 0 bridgehead atoms. The van der Waals surface area contributed by atoms with E-state index in [1.54, 1.807) is 6.08 Å². The van der Waals surface area contributed by atoms with Gasteiger partial charge in [0.2, 0.25) is 0 Å². The molecule has 1 aromatic rings. The Kier molecular flexibility index (Phi) is 4.06. The van der Waals surface area contributed by atoms with Gasteiger partial charge in [-0.05, 0) is 0 Å². The quantitative estimate of drug-likeness (QED) is 0.576. The topological polar surface area (TPSA) is 96.7 Å². The standard InChI is InChI=1S/C13H14N2O6/c1-19-11(16)7-4-5-8-9(12(17)20-2)10(13(18)21-3)14-15(8)6-7/h4H,5-6H2,1-3H3. The van der Waals surface area contributed by atoms with Gasteiger partial charge in [0.05, 0.1) is 39.1 Å². The summed E-state index contributed by atoms with van der Waals surface area (Å²) in [5, 5.41) is 4.05. The molecule has 0 N–H and O–H groups in total. The second-order valence-corrected chi connectivity index (χ2v) is 4.24. The number of hydrogen-bond acceptors (Lipinski definition) is 7. The molecule has 0 spiro atoms. The smallest absolute Gasteiger partial charge is 0.359 e. The average molecular weight is 294 g/mol. The normalized spacial score (nSPS) is 13.0. The maximum atomic E-state index is 11.9. The monoisotopic (exact) mass is 294 g/mol. The average Bonchev–Trinajstić information content (AvgIpc) is 2.90. The van der Waals surface area contributed by atoms with Crippen LogP contribution in [0.15, 0.2) is 11.6 Å². The molecule has 0 saturated heterocycles. The van der Waals surface area contributed by atoms with Crippen LogP contribution in [0.3, 0.4) is 0 Å². The van der Waals surface area contributed by atoms with E-state index in [4.69, 9.17) is 0 Å². The lowest BCUT2D eigenvalue weighted by atomic mass is 10.1. The van der Waals surface area contributed by atoms with E-state index in [0.29, 0.717) is 11.3 Å². The van der Waals surface area contributed by atoms with Crippen molar-refractivity contribution in [1.82, 2.24) is 9.78 Å². The number of aromatic nitrogens is 2. The van der Waals surface area contributed by atoms with Crippen LogP contribution in [0.25, 0.3) is 0 Å². The molecule has 21 heavy (non-hydrogen) atoms. The maximum Gasteiger partial charge on any atom is 0.359 e. The first-order valence-corrected chi connectivity index (χ1v) is 6.07. The molecule has 112 valence electrons. The number of ether oxygens (including phenoxy) is 3. The highest BCUT2D eigenvalue weighted by molar-refractivity contribution is 6.03. The van der Waals surface area contributed by atoms with Gasteiger partial charge in [-0.1, -0.05) is 6.08 Å². The zero-order valence-corrected chi connectivity index (χ0v) is 11.8. The molecule has 0 aliphatic carbocycles. The minimum Gasteiger partial charge on any atom is -0.466 e. The Balaban J connectivity index is 2.47. The fraction of sp³-hybridized carbons (Fsp3) is 0.385. The zero-order valence-electron chi connectivity index (χ0n) is 11.8. The van der Waals surface area contributed by atoms with Crippen molar-refractivity contribution in [2.24, 2.45) is 0 Å². The Labute approximate surface area is 120 Å². The van der Waals surface area contributed by atoms with E-state index in [0.717, 1.165) is 0 Å². The van der Waals surface area contributed by atoms with E-state index >= 15 is 0 Å². The maximum absolute atomic E-state index is 11.9. The first kappa shape index (κ1) is 14.8. The van der Waals surface area contributed by atoms with E-state index in [1.807, 2.05) is 0 Å². The van der Waals surface area contributed by atoms with Crippen LogP contribution in [-0.2, 0) is 32.0 Å². The van der Waals surface area contributed by atoms with E-state index in [2.05, 4.69) is 19.3 Å². The van der Waals surface area contributed by atoms with Crippen molar-refractivity contribution >= 4 is 17.9 Å². The molecule has 2 heterocycles. The molecule has 1 aliphatic heterocycles. The molecule has 0 atom stereocenters. The molecule has 8 nitrogen and oxygen atoms in total. The number of carbonyl (C=O) groups excluding carboxylic acids is 3. The van der Waals surface area contributed by atoms with Crippen LogP contribution in [0.4, 0.5) is 0 Å². The molecule has 0 saturated carbocycles. The van der Waals surface area contributed by atoms with Crippen molar-refractivity contribution in [3.05, 3.63) is 28.6 Å². The van der Waals surface area contributed by atoms with Gasteiger partial charge in [-0.15, -0.1) is 0 Å². The molecule has 0 radical (unpaired) electrons. The van der Waals surface area contributed by atoms with Crippen molar-refractivity contribution in [3.8, 4) is 0 Å². The number of carbonyl (C=O) groups is 3. The minimum absolute atomic E-state index is 0.0597. The third-order valence-electron chi connectivity index (χ3n) is 3.14. The number of esters is 3. The first-order chi connectivity index (χ1) is 10.0. The Morgan fingerprint density at radius 3 is 2.24 bits per heavy atom. The fourth-order valence-electron chi connectivity index (χ4n) is 2.12. The van der Waals surface area contributed by atoms with Gasteiger partial charge < -0.3 is 14.2 Å². The van der Waals surface area contributed by atoms with Crippen LogP contribution in [0, 0.1) is 0 Å². The number of rotatable bonds is 3. The molecule has 2 rings (SSSR count). The summed E-state index contributed by atoms with van der Waals surface area (Å²) in [6, 6.07) is 0. The number of hydrogen-bond donors (Lipinski definition) is 0. The number of nitrogens with zero attached hydrogens (tertiary/aromatic N) is 2. The Hall–Kier alpha value is -2.64. The molecule has 1 aromatic heterocycles. The molecule has 0 unspecified atom stereocenters. The summed E-state index contributed by atoms with van der Waals surface area (Å²) in [5.41, 5.74) is 0.832. The van der Waals surface area contributed by atoms with Crippen LogP contribution < -0.4 is 0 Å². The Morgan fingerprint density at radius 1 is 1.05 bits per heavy atom. The molecular weight excluding hydrogens is 280 g/mol. The van der Waals surface area contributed by atoms with Gasteiger partial charge in [-0.3, -0.25) is 4.68 Å². The van der Waals surface area contributed by atoms with Crippen molar-refractivity contribution in [1.29, 1.82) is 0 Å². The van der Waals surface area contributed by atoms with E-state index in [9.17, 15) is 14.4 Å². The SMILES string of the molecule is COC(=O)C1=CCc2c(C(=O)OC)c(C(=O)OC)nn2C1. The Morgan fingerprint density at radius 2 is 1.67 bits per heavy atom. The van der Waals surface area contributed by atoms with Crippen molar-refractivity contribution in [2.45, 2.75) is 13.0 Å². The van der Waals surface area contributed by atoms with Crippen LogP contribution in [0.5, 0.6) is 0 Å². The molecule has 0 aromatic carbocycles. The van der Waals surface area contributed by atoms with Crippen molar-refractivity contribution < 1.29 is 28.6 Å². The van der Waals surface area contributed by atoms with Gasteiger partial charge >= 0.3 is 17.9 Å². The molecule has 0 amide bonds. The van der Waals surface area contributed by atoms with Gasteiger partial charge in [0, 0.05) is 6.42 Å². The van der Waals surface area contributed by atoms with Crippen LogP contribution in [0.1, 0.15) is 26.5 Å². The highest BCUT2D eigenvalue weighted by atomic mass is 16.5. The first-order valence-electron chi connectivity index (χ1n) is 6.07. The lowest BCUT2D eigenvalue weighted by Gasteiger charge is -2.14. The van der Waals surface area contributed by atoms with Gasteiger partial charge in [-0.25, -0.2) is 14.4 Å². The summed E-state index contributed by atoms with van der Waals surface area (Å²) in [7, 11) is 3.69. The summed E-state index contributed by atoms with van der Waals surface area (Å²) in [6.45, 7) is 0.114. The molecule has 8 heteroatoms. The molecule has 1 aliphatic rings. The summed E-state index contributed by atoms with van der Waals surface area (Å²) in [5.74, 6) is -1.89. The van der Waals surface area contributed by atoms with Gasteiger partial charge in [-0.2, -0.15) is 5.10 Å². The van der Waals surface area contributed by atoms with Crippen LogP contribution in [-0.4, -0.2) is 49.0 Å². The third-order valence-corrected chi connectivity index (χ3v) is 3.14. The highest BCUT2D eigenvalue weighted by Crippen LogP contribution is 2.23. The number of methoxy groups -OCH3 is 3. The predicted molar refractivity (Wildman–Crippen MR) is 68.7 cm³/mol. The van der Waals surface area contributed by atoms with Gasteiger partial charge in [0.15, 0.2) is 5.69 Å². The third kappa shape index (κ3) is 2.51. The zero-order chi connectivity index (χ0) is 15.6. The predicted octanol–water partition coefficient (Wildman–Crippen LogP) is 0.112. The second kappa shape index (κ2) is 5.78. The second-order valence-electron chi connectivity index (χ2n) is 4.24. The number of allylic oxidation sites excluding steroid dienone is 1. The number of fused-ring (bicyclic) bond motifs is 1. The molecular formula is C13H14N2O6. The van der Waals surface area contributed by atoms with Gasteiger partial charge in [0.1, 0.15) is 5.56 Å². The Bertz CT molecular complexity index is 643. The lowest BCUT2D eigenvalue weighted by molar-refractivity contribution is -0.136. The molecule has 0 fully saturated rings. The van der Waals surface area contributed by atoms with Crippen molar-refractivity contribution in [3.63, 3.8) is 0 Å². The van der Waals surface area contributed by atoms with Gasteiger partial charge in [0.25, 0.3) is 0 Å². The van der Waals surface area contributed by atoms with E-state index in [-0.39, 0.29) is 24.2 Å². The largest absolute Gasteiger partial charge is 0.466 e. The van der Waals surface area contributed by atoms with Crippen LogP contribution in [0.2, 0.25) is 0 Å². The van der Waals surface area contributed by atoms with E-state index in [1.165, 1.54) is 26.0 Å². The summed E-state index contributed by atoms with van der Waals surface area (Å²) < 4.78 is 15.3. The minimum atomic E-state index is -0.739. The highest BCUT2D eigenvalue weighted by Gasteiger charge is 2.31. The van der Waals surface area contributed by atoms with E-state index < -0.39 is 17.9 Å². The fourth-order valence-corrected chi connectivity index (χ4v) is 2.12. The summed E-state index contributed by atoms with van der Waals surface area (Å²) >= 11 is 0. The summed E-state index contributed by atoms with van der Waals surface area (Å²) in [6.07, 6.45) is 1.90. The lowest BCUT2D eigenvalue weighted by Crippen LogP contribution is -2.19.